The second-order valence-electron chi connectivity index (χ2n) is 3.80. The van der Waals surface area contributed by atoms with Crippen molar-refractivity contribution in [2.24, 2.45) is 0 Å². The Balaban J connectivity index is 2.54. The fraction of sp³-hybridized carbons (Fsp3) is 0.0769. The Kier molecular flexibility index (Phi) is 4.30. The summed E-state index contributed by atoms with van der Waals surface area (Å²) in [6.07, 6.45) is -0.178. The molecule has 0 saturated heterocycles. The minimum Gasteiger partial charge on any atom is -0.481 e. The lowest BCUT2D eigenvalue weighted by Crippen LogP contribution is -2.03. The Hall–Kier alpha value is -1.29. The zero-order chi connectivity index (χ0) is 14.0. The highest BCUT2D eigenvalue weighted by Crippen LogP contribution is 2.35. The summed E-state index contributed by atoms with van der Waals surface area (Å²) < 4.78 is 0. The van der Waals surface area contributed by atoms with E-state index in [1.807, 2.05) is 0 Å². The van der Waals surface area contributed by atoms with Crippen LogP contribution < -0.4 is 0 Å². The maximum absolute atomic E-state index is 10.7. The van der Waals surface area contributed by atoms with Crippen LogP contribution in [0.4, 0.5) is 0 Å². The summed E-state index contributed by atoms with van der Waals surface area (Å²) in [5.41, 5.74) is 1.40. The maximum Gasteiger partial charge on any atom is 0.309 e. The standard InChI is InChI=1S/C13H8Cl3NO2/c14-9-3-1-2-8(12(9)16)13-10(15)5-4-7(17-13)6-11(18)19/h1-5H,6H2,(H,18,19). The van der Waals surface area contributed by atoms with Crippen molar-refractivity contribution in [1.29, 1.82) is 0 Å². The Morgan fingerprint density at radius 3 is 2.53 bits per heavy atom. The SMILES string of the molecule is O=C(O)Cc1ccc(Cl)c(-c2cccc(Cl)c2Cl)n1. The molecule has 1 aromatic heterocycles. The summed E-state index contributed by atoms with van der Waals surface area (Å²) in [6.45, 7) is 0. The van der Waals surface area contributed by atoms with E-state index in [0.717, 1.165) is 0 Å². The summed E-state index contributed by atoms with van der Waals surface area (Å²) >= 11 is 18.1. The van der Waals surface area contributed by atoms with Crippen LogP contribution in [0.15, 0.2) is 30.3 Å². The van der Waals surface area contributed by atoms with Gasteiger partial charge in [0.05, 0.1) is 32.9 Å². The minimum atomic E-state index is -0.960. The van der Waals surface area contributed by atoms with Gasteiger partial charge in [0.1, 0.15) is 0 Å². The lowest BCUT2D eigenvalue weighted by atomic mass is 10.1. The number of pyridine rings is 1. The quantitative estimate of drug-likeness (QED) is 0.916. The van der Waals surface area contributed by atoms with E-state index in [1.54, 1.807) is 30.3 Å². The third kappa shape index (κ3) is 3.18. The number of carbonyl (C=O) groups is 1. The Morgan fingerprint density at radius 2 is 1.84 bits per heavy atom. The molecule has 0 fully saturated rings. The van der Waals surface area contributed by atoms with Crippen LogP contribution >= 0.6 is 34.8 Å². The second-order valence-corrected chi connectivity index (χ2v) is 5.00. The molecule has 98 valence electrons. The van der Waals surface area contributed by atoms with Crippen molar-refractivity contribution >= 4 is 40.8 Å². The minimum absolute atomic E-state index is 0.178. The molecular formula is C13H8Cl3NO2. The highest BCUT2D eigenvalue weighted by molar-refractivity contribution is 6.44. The molecule has 0 unspecified atom stereocenters. The molecule has 0 radical (unpaired) electrons. The Morgan fingerprint density at radius 1 is 1.11 bits per heavy atom. The first-order valence-electron chi connectivity index (χ1n) is 5.30. The normalized spacial score (nSPS) is 10.5. The molecule has 1 aromatic carbocycles. The molecule has 0 spiro atoms. The Labute approximate surface area is 124 Å². The third-order valence-corrected chi connectivity index (χ3v) is 3.57. The van der Waals surface area contributed by atoms with E-state index in [9.17, 15) is 4.79 Å². The predicted octanol–water partition coefficient (Wildman–Crippen LogP) is 4.34. The maximum atomic E-state index is 10.7. The lowest BCUT2D eigenvalue weighted by molar-refractivity contribution is -0.136. The number of rotatable bonds is 3. The molecule has 0 bridgehead atoms. The smallest absolute Gasteiger partial charge is 0.309 e. The monoisotopic (exact) mass is 315 g/mol. The van der Waals surface area contributed by atoms with Crippen LogP contribution in [0.2, 0.25) is 15.1 Å². The van der Waals surface area contributed by atoms with E-state index in [0.29, 0.717) is 32.0 Å². The molecule has 6 heteroatoms. The zero-order valence-corrected chi connectivity index (χ0v) is 11.8. The van der Waals surface area contributed by atoms with Crippen molar-refractivity contribution in [2.75, 3.05) is 0 Å². The summed E-state index contributed by atoms with van der Waals surface area (Å²) in [4.78, 5) is 14.9. The van der Waals surface area contributed by atoms with Crippen molar-refractivity contribution in [3.8, 4) is 11.3 Å². The van der Waals surface area contributed by atoms with Gasteiger partial charge in [-0.2, -0.15) is 0 Å². The average molecular weight is 317 g/mol. The first-order valence-corrected chi connectivity index (χ1v) is 6.44. The van der Waals surface area contributed by atoms with Crippen molar-refractivity contribution in [1.82, 2.24) is 4.98 Å². The van der Waals surface area contributed by atoms with Gasteiger partial charge in [-0.1, -0.05) is 46.9 Å². The second kappa shape index (κ2) is 5.78. The molecule has 0 aliphatic heterocycles. The van der Waals surface area contributed by atoms with Gasteiger partial charge in [0, 0.05) is 5.56 Å². The third-order valence-electron chi connectivity index (χ3n) is 2.44. The molecule has 0 atom stereocenters. The summed E-state index contributed by atoms with van der Waals surface area (Å²) in [5, 5.41) is 9.89. The fourth-order valence-electron chi connectivity index (χ4n) is 1.61. The highest BCUT2D eigenvalue weighted by Gasteiger charge is 2.13. The molecule has 3 nitrogen and oxygen atoms in total. The van der Waals surface area contributed by atoms with Crippen LogP contribution in [0.25, 0.3) is 11.3 Å². The fourth-order valence-corrected chi connectivity index (χ4v) is 2.21. The molecule has 0 aliphatic rings. The van der Waals surface area contributed by atoms with Gasteiger partial charge < -0.3 is 5.11 Å². The van der Waals surface area contributed by atoms with Crippen LogP contribution in [0.5, 0.6) is 0 Å². The number of nitrogens with zero attached hydrogens (tertiary/aromatic N) is 1. The van der Waals surface area contributed by atoms with E-state index < -0.39 is 5.97 Å². The molecule has 0 amide bonds. The molecule has 1 N–H and O–H groups in total. The van der Waals surface area contributed by atoms with Gasteiger partial charge in [-0.25, -0.2) is 0 Å². The molecular weight excluding hydrogens is 309 g/mol. The predicted molar refractivity (Wildman–Crippen MR) is 76.0 cm³/mol. The van der Waals surface area contributed by atoms with E-state index in [2.05, 4.69) is 4.98 Å². The van der Waals surface area contributed by atoms with Crippen LogP contribution in [0.3, 0.4) is 0 Å². The van der Waals surface area contributed by atoms with E-state index in [1.165, 1.54) is 0 Å². The van der Waals surface area contributed by atoms with E-state index in [4.69, 9.17) is 39.9 Å². The van der Waals surface area contributed by atoms with Gasteiger partial charge >= 0.3 is 5.97 Å². The lowest BCUT2D eigenvalue weighted by Gasteiger charge is -2.08. The molecule has 2 rings (SSSR count). The van der Waals surface area contributed by atoms with Crippen LogP contribution in [-0.2, 0) is 11.2 Å². The van der Waals surface area contributed by atoms with Gasteiger partial charge in [0.15, 0.2) is 0 Å². The van der Waals surface area contributed by atoms with Crippen LogP contribution in [0.1, 0.15) is 5.69 Å². The molecule has 2 aromatic rings. The summed E-state index contributed by atoms with van der Waals surface area (Å²) in [5.74, 6) is -0.960. The van der Waals surface area contributed by atoms with Gasteiger partial charge in [-0.15, -0.1) is 0 Å². The molecule has 1 heterocycles. The number of halogens is 3. The molecule has 0 saturated carbocycles. The number of carboxylic acid groups (broad SMARTS) is 1. The average Bonchev–Trinajstić information content (AvgIpc) is 2.35. The van der Waals surface area contributed by atoms with Crippen LogP contribution in [-0.4, -0.2) is 16.1 Å². The van der Waals surface area contributed by atoms with E-state index in [-0.39, 0.29) is 6.42 Å². The largest absolute Gasteiger partial charge is 0.481 e. The van der Waals surface area contributed by atoms with Gasteiger partial charge in [-0.3, -0.25) is 9.78 Å². The topological polar surface area (TPSA) is 50.2 Å². The van der Waals surface area contributed by atoms with E-state index >= 15 is 0 Å². The number of hydrogen-bond donors (Lipinski definition) is 1. The molecule has 19 heavy (non-hydrogen) atoms. The summed E-state index contributed by atoms with van der Waals surface area (Å²) in [6, 6.07) is 8.28. The highest BCUT2D eigenvalue weighted by atomic mass is 35.5. The number of carboxylic acids is 1. The number of aromatic nitrogens is 1. The molecule has 0 aliphatic carbocycles. The van der Waals surface area contributed by atoms with Crippen molar-refractivity contribution in [2.45, 2.75) is 6.42 Å². The first-order chi connectivity index (χ1) is 8.99. The first kappa shape index (κ1) is 14.1. The van der Waals surface area contributed by atoms with Crippen LogP contribution in [0, 0.1) is 0 Å². The van der Waals surface area contributed by atoms with Gasteiger partial charge in [-0.05, 0) is 18.2 Å². The number of benzene rings is 1. The van der Waals surface area contributed by atoms with Crippen molar-refractivity contribution < 1.29 is 9.90 Å². The Bertz CT molecular complexity index is 644. The van der Waals surface area contributed by atoms with Crippen molar-refractivity contribution in [3.05, 3.63) is 51.1 Å². The van der Waals surface area contributed by atoms with Crippen molar-refractivity contribution in [3.63, 3.8) is 0 Å². The number of aliphatic carboxylic acids is 1. The zero-order valence-electron chi connectivity index (χ0n) is 9.53. The summed E-state index contributed by atoms with van der Waals surface area (Å²) in [7, 11) is 0. The van der Waals surface area contributed by atoms with Gasteiger partial charge in [0.25, 0.3) is 0 Å². The number of hydrogen-bond acceptors (Lipinski definition) is 2. The van der Waals surface area contributed by atoms with Gasteiger partial charge in [0.2, 0.25) is 0 Å².